The van der Waals surface area contributed by atoms with Crippen molar-refractivity contribution in [2.45, 2.75) is 32.0 Å². The first kappa shape index (κ1) is 24.3. The van der Waals surface area contributed by atoms with E-state index in [0.717, 1.165) is 36.1 Å². The van der Waals surface area contributed by atoms with Crippen molar-refractivity contribution in [2.75, 3.05) is 0 Å². The SMILES string of the molecule is C=CCCc1cnc(-c2ccc3c(F)c(CCc4ccc(OC(F)(F)F)c(F)c4)ccc3c2)nc1. The van der Waals surface area contributed by atoms with Gasteiger partial charge in [-0.15, -0.1) is 19.8 Å². The van der Waals surface area contributed by atoms with Crippen molar-refractivity contribution < 1.29 is 26.7 Å². The number of hydrogen-bond acceptors (Lipinski definition) is 3. The van der Waals surface area contributed by atoms with Crippen LogP contribution in [0.1, 0.15) is 23.1 Å². The molecule has 180 valence electrons. The van der Waals surface area contributed by atoms with Crippen LogP contribution in [0, 0.1) is 11.6 Å². The molecule has 8 heteroatoms. The van der Waals surface area contributed by atoms with E-state index in [0.29, 0.717) is 27.7 Å². The van der Waals surface area contributed by atoms with E-state index in [1.54, 1.807) is 36.7 Å². The Morgan fingerprint density at radius 2 is 1.63 bits per heavy atom. The standard InChI is InChI=1S/C27H21F5N2O/c1-2-3-4-18-15-33-26(34-16-18)21-10-11-22-20(14-21)9-8-19(25(22)29)7-5-17-6-12-24(23(28)13-17)35-27(30,31)32/h2,6,8-16H,1,3-5,7H2. The third kappa shape index (κ3) is 6.01. The van der Waals surface area contributed by atoms with Crippen LogP contribution in [0.25, 0.3) is 22.2 Å². The molecule has 3 nitrogen and oxygen atoms in total. The molecule has 1 aromatic heterocycles. The summed E-state index contributed by atoms with van der Waals surface area (Å²) in [6.07, 6.45) is 2.54. The molecular formula is C27H21F5N2O. The number of hydrogen-bond donors (Lipinski definition) is 0. The minimum atomic E-state index is -4.97. The summed E-state index contributed by atoms with van der Waals surface area (Å²) in [7, 11) is 0. The minimum Gasteiger partial charge on any atom is -0.403 e. The van der Waals surface area contributed by atoms with Crippen molar-refractivity contribution in [3.05, 3.63) is 102 Å². The van der Waals surface area contributed by atoms with Crippen molar-refractivity contribution in [1.82, 2.24) is 9.97 Å². The molecule has 4 rings (SSSR count). The molecule has 0 radical (unpaired) electrons. The molecule has 0 aliphatic rings. The van der Waals surface area contributed by atoms with Gasteiger partial charge < -0.3 is 4.74 Å². The fourth-order valence-electron chi connectivity index (χ4n) is 3.76. The smallest absolute Gasteiger partial charge is 0.403 e. The first-order valence-electron chi connectivity index (χ1n) is 10.9. The van der Waals surface area contributed by atoms with Crippen LogP contribution in [-0.4, -0.2) is 16.3 Å². The average Bonchev–Trinajstić information content (AvgIpc) is 2.83. The van der Waals surface area contributed by atoms with Crippen molar-refractivity contribution in [3.8, 4) is 17.1 Å². The van der Waals surface area contributed by atoms with Crippen molar-refractivity contribution in [2.24, 2.45) is 0 Å². The Kier molecular flexibility index (Phi) is 7.10. The van der Waals surface area contributed by atoms with Gasteiger partial charge in [0.25, 0.3) is 0 Å². The van der Waals surface area contributed by atoms with Gasteiger partial charge in [-0.3, -0.25) is 0 Å². The second-order valence-electron chi connectivity index (χ2n) is 8.03. The maximum Gasteiger partial charge on any atom is 0.573 e. The van der Waals surface area contributed by atoms with Crippen LogP contribution < -0.4 is 4.74 Å². The second kappa shape index (κ2) is 10.2. The molecule has 0 atom stereocenters. The van der Waals surface area contributed by atoms with Crippen LogP contribution >= 0.6 is 0 Å². The van der Waals surface area contributed by atoms with Crippen LogP contribution in [0.3, 0.4) is 0 Å². The highest BCUT2D eigenvalue weighted by Gasteiger charge is 2.32. The first-order valence-corrected chi connectivity index (χ1v) is 10.9. The molecule has 3 aromatic carbocycles. The number of aromatic nitrogens is 2. The van der Waals surface area contributed by atoms with Gasteiger partial charge in [0.05, 0.1) is 0 Å². The molecule has 1 heterocycles. The van der Waals surface area contributed by atoms with Gasteiger partial charge in [-0.2, -0.15) is 0 Å². The lowest BCUT2D eigenvalue weighted by molar-refractivity contribution is -0.275. The normalized spacial score (nSPS) is 11.6. The lowest BCUT2D eigenvalue weighted by atomic mass is 9.99. The van der Waals surface area contributed by atoms with Gasteiger partial charge in [0.1, 0.15) is 5.82 Å². The molecule has 0 N–H and O–H groups in total. The number of rotatable bonds is 8. The summed E-state index contributed by atoms with van der Waals surface area (Å²) in [5, 5.41) is 1.11. The molecule has 0 saturated heterocycles. The van der Waals surface area contributed by atoms with E-state index >= 15 is 4.39 Å². The van der Waals surface area contributed by atoms with Gasteiger partial charge in [-0.05, 0) is 66.0 Å². The summed E-state index contributed by atoms with van der Waals surface area (Å²) in [5.41, 5.74) is 2.62. The van der Waals surface area contributed by atoms with Gasteiger partial charge in [-0.1, -0.05) is 36.4 Å². The topological polar surface area (TPSA) is 35.0 Å². The highest BCUT2D eigenvalue weighted by atomic mass is 19.4. The van der Waals surface area contributed by atoms with E-state index in [1.807, 2.05) is 12.1 Å². The van der Waals surface area contributed by atoms with Gasteiger partial charge in [0, 0.05) is 23.3 Å². The molecule has 0 bridgehead atoms. The Morgan fingerprint density at radius 3 is 2.31 bits per heavy atom. The van der Waals surface area contributed by atoms with Crippen LogP contribution in [0.4, 0.5) is 22.0 Å². The predicted octanol–water partition coefficient (Wildman–Crippen LogP) is 7.38. The van der Waals surface area contributed by atoms with Crippen LogP contribution in [0.5, 0.6) is 5.75 Å². The minimum absolute atomic E-state index is 0.246. The monoisotopic (exact) mass is 484 g/mol. The van der Waals surface area contributed by atoms with Crippen molar-refractivity contribution >= 4 is 10.8 Å². The Labute approximate surface area is 198 Å². The van der Waals surface area contributed by atoms with E-state index in [2.05, 4.69) is 21.3 Å². The van der Waals surface area contributed by atoms with Gasteiger partial charge in [0.2, 0.25) is 0 Å². The van der Waals surface area contributed by atoms with E-state index in [4.69, 9.17) is 0 Å². The Bertz CT molecular complexity index is 1350. The Morgan fingerprint density at radius 1 is 0.857 bits per heavy atom. The molecular weight excluding hydrogens is 463 g/mol. The number of halogens is 5. The maximum absolute atomic E-state index is 15.1. The lowest BCUT2D eigenvalue weighted by Crippen LogP contribution is -2.18. The second-order valence-corrected chi connectivity index (χ2v) is 8.03. The predicted molar refractivity (Wildman–Crippen MR) is 124 cm³/mol. The lowest BCUT2D eigenvalue weighted by Gasteiger charge is -2.11. The molecule has 0 amide bonds. The third-order valence-electron chi connectivity index (χ3n) is 5.54. The molecule has 0 aliphatic heterocycles. The summed E-state index contributed by atoms with van der Waals surface area (Å²) in [5.74, 6) is -1.88. The fourth-order valence-corrected chi connectivity index (χ4v) is 3.76. The van der Waals surface area contributed by atoms with E-state index in [-0.39, 0.29) is 12.8 Å². The molecule has 0 fully saturated rings. The summed E-state index contributed by atoms with van der Waals surface area (Å²) in [4.78, 5) is 8.81. The zero-order valence-corrected chi connectivity index (χ0v) is 18.6. The largest absolute Gasteiger partial charge is 0.573 e. The van der Waals surface area contributed by atoms with Crippen molar-refractivity contribution in [1.29, 1.82) is 0 Å². The number of nitrogens with zero attached hydrogens (tertiary/aromatic N) is 2. The van der Waals surface area contributed by atoms with E-state index in [1.165, 1.54) is 6.07 Å². The molecule has 0 aliphatic carbocycles. The highest BCUT2D eigenvalue weighted by Crippen LogP contribution is 2.28. The summed E-state index contributed by atoms with van der Waals surface area (Å²) in [6.45, 7) is 3.70. The quantitative estimate of drug-likeness (QED) is 0.193. The average molecular weight is 484 g/mol. The molecule has 0 saturated carbocycles. The highest BCUT2D eigenvalue weighted by molar-refractivity contribution is 5.87. The molecule has 0 spiro atoms. The third-order valence-corrected chi connectivity index (χ3v) is 5.54. The number of ether oxygens (including phenoxy) is 1. The number of allylic oxidation sites excluding steroid dienone is 1. The molecule has 4 aromatic rings. The maximum atomic E-state index is 15.1. The zero-order chi connectivity index (χ0) is 25.0. The summed E-state index contributed by atoms with van der Waals surface area (Å²) in [6, 6.07) is 11.9. The van der Waals surface area contributed by atoms with Gasteiger partial charge in [-0.25, -0.2) is 18.7 Å². The van der Waals surface area contributed by atoms with Crippen LogP contribution in [0.2, 0.25) is 0 Å². The number of fused-ring (bicyclic) bond motifs is 1. The first-order chi connectivity index (χ1) is 16.7. The zero-order valence-electron chi connectivity index (χ0n) is 18.6. The van der Waals surface area contributed by atoms with Crippen LogP contribution in [-0.2, 0) is 19.3 Å². The number of benzene rings is 3. The van der Waals surface area contributed by atoms with E-state index < -0.39 is 23.7 Å². The van der Waals surface area contributed by atoms with Gasteiger partial charge in [0.15, 0.2) is 17.4 Å². The molecule has 0 unspecified atom stereocenters. The number of aryl methyl sites for hydroxylation is 3. The Balaban J connectivity index is 1.49. The van der Waals surface area contributed by atoms with Crippen LogP contribution in [0.15, 0.2) is 73.6 Å². The van der Waals surface area contributed by atoms with Gasteiger partial charge >= 0.3 is 6.36 Å². The molecule has 35 heavy (non-hydrogen) atoms. The fraction of sp³-hybridized carbons (Fsp3) is 0.185. The van der Waals surface area contributed by atoms with E-state index in [9.17, 15) is 17.6 Å². The Hall–Kier alpha value is -3.81. The summed E-state index contributed by atoms with van der Waals surface area (Å²) >= 11 is 0. The van der Waals surface area contributed by atoms with Crippen molar-refractivity contribution in [3.63, 3.8) is 0 Å². The number of alkyl halides is 3. The summed E-state index contributed by atoms with van der Waals surface area (Å²) < 4.78 is 69.6.